The number of aryl methyl sites for hydroxylation is 1. The number of rotatable bonds is 3. The lowest BCUT2D eigenvalue weighted by molar-refractivity contribution is -0.136. The summed E-state index contributed by atoms with van der Waals surface area (Å²) >= 11 is 0. The van der Waals surface area contributed by atoms with Crippen LogP contribution in [0.2, 0.25) is 0 Å². The Labute approximate surface area is 90.2 Å². The summed E-state index contributed by atoms with van der Waals surface area (Å²) in [5.41, 5.74) is -0.563. The Morgan fingerprint density at radius 3 is 2.75 bits per heavy atom. The molecule has 84 valence electrons. The van der Waals surface area contributed by atoms with Gasteiger partial charge < -0.3 is 5.11 Å². The lowest BCUT2D eigenvalue weighted by atomic mass is 10.1. The molecule has 1 N–H and O–H groups in total. The molecular weight excluding hydrogens is 218 g/mol. The highest BCUT2D eigenvalue weighted by Gasteiger charge is 2.19. The van der Waals surface area contributed by atoms with Crippen LogP contribution in [0.3, 0.4) is 0 Å². The van der Waals surface area contributed by atoms with Crippen LogP contribution in [0.25, 0.3) is 0 Å². The Morgan fingerprint density at radius 2 is 2.31 bits per heavy atom. The molecule has 0 saturated carbocycles. The Hall–Kier alpha value is -2.03. The molecule has 0 radical (unpaired) electrons. The molecule has 16 heavy (non-hydrogen) atoms. The topological polar surface area (TPSA) is 74.0 Å². The van der Waals surface area contributed by atoms with E-state index in [1.54, 1.807) is 6.07 Å². The van der Waals surface area contributed by atoms with Gasteiger partial charge >= 0.3 is 5.97 Å². The van der Waals surface area contributed by atoms with Gasteiger partial charge in [0.2, 0.25) is 0 Å². The molecule has 0 unspecified atom stereocenters. The largest absolute Gasteiger partial charge is 0.481 e. The number of aliphatic carboxylic acids is 1. The van der Waals surface area contributed by atoms with E-state index >= 15 is 0 Å². The first kappa shape index (κ1) is 12.0. The van der Waals surface area contributed by atoms with Gasteiger partial charge in [-0.05, 0) is 18.6 Å². The van der Waals surface area contributed by atoms with E-state index in [2.05, 4.69) is 4.98 Å². The third-order valence-corrected chi connectivity index (χ3v) is 1.97. The number of aromatic nitrogens is 1. The normalized spacial score (nSPS) is 10.2. The summed E-state index contributed by atoms with van der Waals surface area (Å²) in [7, 11) is 0. The minimum absolute atomic E-state index is 0.103. The standard InChI is InChI=1S/C10H8F2N2O2/c1-5-2-6(3-8(15)16)14-7(4-13)9(5)10(11)12/h2,10H,3H2,1H3,(H,15,16). The maximum Gasteiger partial charge on any atom is 0.309 e. The predicted molar refractivity (Wildman–Crippen MR) is 50.0 cm³/mol. The highest BCUT2D eigenvalue weighted by atomic mass is 19.3. The molecule has 0 aromatic carbocycles. The minimum atomic E-state index is -2.79. The average molecular weight is 226 g/mol. The van der Waals surface area contributed by atoms with E-state index in [4.69, 9.17) is 10.4 Å². The maximum atomic E-state index is 12.6. The fraction of sp³-hybridized carbons (Fsp3) is 0.300. The molecule has 0 spiro atoms. The molecule has 1 aromatic heterocycles. The number of alkyl halides is 2. The quantitative estimate of drug-likeness (QED) is 0.853. The van der Waals surface area contributed by atoms with E-state index in [0.717, 1.165) is 0 Å². The number of halogens is 2. The fourth-order valence-corrected chi connectivity index (χ4v) is 1.36. The lowest BCUT2D eigenvalue weighted by Gasteiger charge is -2.08. The minimum Gasteiger partial charge on any atom is -0.481 e. The van der Waals surface area contributed by atoms with Gasteiger partial charge in [-0.2, -0.15) is 5.26 Å². The first-order valence-electron chi connectivity index (χ1n) is 4.36. The van der Waals surface area contributed by atoms with Crippen LogP contribution in [0, 0.1) is 18.3 Å². The van der Waals surface area contributed by atoms with E-state index in [1.807, 2.05) is 0 Å². The van der Waals surface area contributed by atoms with E-state index in [1.165, 1.54) is 13.0 Å². The highest BCUT2D eigenvalue weighted by molar-refractivity contribution is 5.69. The van der Waals surface area contributed by atoms with Gasteiger partial charge in [-0.3, -0.25) is 4.79 Å². The van der Waals surface area contributed by atoms with Gasteiger partial charge in [0.25, 0.3) is 6.43 Å². The van der Waals surface area contributed by atoms with Gasteiger partial charge in [0.1, 0.15) is 11.8 Å². The van der Waals surface area contributed by atoms with Crippen molar-refractivity contribution in [2.24, 2.45) is 0 Å². The van der Waals surface area contributed by atoms with Crippen molar-refractivity contribution >= 4 is 5.97 Å². The van der Waals surface area contributed by atoms with Gasteiger partial charge in [0.15, 0.2) is 0 Å². The Balaban J connectivity index is 3.28. The smallest absolute Gasteiger partial charge is 0.309 e. The summed E-state index contributed by atoms with van der Waals surface area (Å²) in [5, 5.41) is 17.2. The van der Waals surface area contributed by atoms with Crippen molar-refractivity contribution < 1.29 is 18.7 Å². The van der Waals surface area contributed by atoms with Gasteiger partial charge in [-0.25, -0.2) is 13.8 Å². The molecular formula is C10H8F2N2O2. The van der Waals surface area contributed by atoms with E-state index in [0.29, 0.717) is 0 Å². The van der Waals surface area contributed by atoms with Crippen molar-refractivity contribution in [3.63, 3.8) is 0 Å². The number of carboxylic acids is 1. The number of carboxylic acid groups (broad SMARTS) is 1. The molecule has 1 rings (SSSR count). The first-order valence-corrected chi connectivity index (χ1v) is 4.36. The molecule has 0 atom stereocenters. The third kappa shape index (κ3) is 2.51. The van der Waals surface area contributed by atoms with Crippen LogP contribution >= 0.6 is 0 Å². The van der Waals surface area contributed by atoms with Crippen molar-refractivity contribution in [1.29, 1.82) is 5.26 Å². The summed E-state index contributed by atoms with van der Waals surface area (Å²) in [6.07, 6.45) is -3.18. The molecule has 0 saturated heterocycles. The van der Waals surface area contributed by atoms with Crippen LogP contribution in [-0.4, -0.2) is 16.1 Å². The van der Waals surface area contributed by atoms with Crippen LogP contribution < -0.4 is 0 Å². The molecule has 6 heteroatoms. The summed E-state index contributed by atoms with van der Waals surface area (Å²) in [6.45, 7) is 1.40. The summed E-state index contributed by atoms with van der Waals surface area (Å²) in [4.78, 5) is 14.0. The molecule has 0 fully saturated rings. The van der Waals surface area contributed by atoms with Crippen LogP contribution in [0.1, 0.15) is 28.9 Å². The predicted octanol–water partition coefficient (Wildman–Crippen LogP) is 1.83. The molecule has 0 amide bonds. The Bertz CT molecular complexity index is 467. The van der Waals surface area contributed by atoms with E-state index < -0.39 is 23.7 Å². The number of carbonyl (C=O) groups is 1. The van der Waals surface area contributed by atoms with Crippen molar-refractivity contribution in [2.45, 2.75) is 19.8 Å². The Morgan fingerprint density at radius 1 is 1.69 bits per heavy atom. The second-order valence-corrected chi connectivity index (χ2v) is 3.18. The van der Waals surface area contributed by atoms with Gasteiger partial charge in [0, 0.05) is 0 Å². The highest BCUT2D eigenvalue weighted by Crippen LogP contribution is 2.25. The first-order chi connectivity index (χ1) is 7.45. The second-order valence-electron chi connectivity index (χ2n) is 3.18. The monoisotopic (exact) mass is 226 g/mol. The molecule has 4 nitrogen and oxygen atoms in total. The van der Waals surface area contributed by atoms with Crippen LogP contribution in [0.5, 0.6) is 0 Å². The third-order valence-electron chi connectivity index (χ3n) is 1.97. The summed E-state index contributed by atoms with van der Waals surface area (Å²) < 4.78 is 25.1. The fourth-order valence-electron chi connectivity index (χ4n) is 1.36. The Kier molecular flexibility index (Phi) is 3.51. The number of pyridine rings is 1. The molecule has 1 aromatic rings. The van der Waals surface area contributed by atoms with Crippen molar-refractivity contribution in [3.05, 3.63) is 28.6 Å². The zero-order valence-electron chi connectivity index (χ0n) is 8.37. The maximum absolute atomic E-state index is 12.6. The van der Waals surface area contributed by atoms with Crippen molar-refractivity contribution in [3.8, 4) is 6.07 Å². The number of nitrogens with zero attached hydrogens (tertiary/aromatic N) is 2. The molecule has 0 aliphatic heterocycles. The molecule has 0 bridgehead atoms. The zero-order chi connectivity index (χ0) is 12.3. The van der Waals surface area contributed by atoms with E-state index in [9.17, 15) is 13.6 Å². The number of hydrogen-bond donors (Lipinski definition) is 1. The van der Waals surface area contributed by atoms with Gasteiger partial charge in [0.05, 0.1) is 17.7 Å². The van der Waals surface area contributed by atoms with Crippen LogP contribution in [0.15, 0.2) is 6.07 Å². The molecule has 0 aliphatic carbocycles. The average Bonchev–Trinajstić information content (AvgIpc) is 2.14. The van der Waals surface area contributed by atoms with Crippen molar-refractivity contribution in [1.82, 2.24) is 4.98 Å². The summed E-state index contributed by atoms with van der Waals surface area (Å²) in [6, 6.07) is 2.81. The molecule has 1 heterocycles. The number of nitriles is 1. The van der Waals surface area contributed by atoms with Crippen molar-refractivity contribution in [2.75, 3.05) is 0 Å². The second kappa shape index (κ2) is 4.66. The van der Waals surface area contributed by atoms with Crippen LogP contribution in [-0.2, 0) is 11.2 Å². The van der Waals surface area contributed by atoms with Gasteiger partial charge in [-0.1, -0.05) is 0 Å². The van der Waals surface area contributed by atoms with Crippen LogP contribution in [0.4, 0.5) is 8.78 Å². The zero-order valence-corrected chi connectivity index (χ0v) is 8.37. The SMILES string of the molecule is Cc1cc(CC(=O)O)nc(C#N)c1C(F)F. The molecule has 0 aliphatic rings. The van der Waals surface area contributed by atoms with Gasteiger partial charge in [-0.15, -0.1) is 0 Å². The summed E-state index contributed by atoms with van der Waals surface area (Å²) in [5.74, 6) is -1.12. The lowest BCUT2D eigenvalue weighted by Crippen LogP contribution is -2.07. The number of hydrogen-bond acceptors (Lipinski definition) is 3. The van der Waals surface area contributed by atoms with E-state index in [-0.39, 0.29) is 17.7 Å².